The highest BCUT2D eigenvalue weighted by molar-refractivity contribution is 6.01. The Hall–Kier alpha value is -3.80. The van der Waals surface area contributed by atoms with Crippen LogP contribution in [0.25, 0.3) is 11.0 Å². The van der Waals surface area contributed by atoms with Crippen LogP contribution in [-0.2, 0) is 11.3 Å². The van der Waals surface area contributed by atoms with E-state index in [1.807, 2.05) is 60.1 Å². The smallest absolute Gasteiger partial charge is 0.338 e. The zero-order valence-corrected chi connectivity index (χ0v) is 16.8. The van der Waals surface area contributed by atoms with Gasteiger partial charge in [-0.2, -0.15) is 0 Å². The van der Waals surface area contributed by atoms with Gasteiger partial charge in [-0.05, 0) is 43.7 Å². The molecule has 0 radical (unpaired) electrons. The second-order valence-electron chi connectivity index (χ2n) is 7.21. The van der Waals surface area contributed by atoms with Gasteiger partial charge in [0.2, 0.25) is 5.78 Å². The van der Waals surface area contributed by atoms with Crippen molar-refractivity contribution in [2.45, 2.75) is 26.5 Å². The lowest BCUT2D eigenvalue weighted by molar-refractivity contribution is 0.0319. The van der Waals surface area contributed by atoms with Gasteiger partial charge in [0, 0.05) is 5.56 Å². The number of benzene rings is 3. The lowest BCUT2D eigenvalue weighted by Gasteiger charge is -2.13. The molecule has 0 bridgehead atoms. The third-order valence-electron chi connectivity index (χ3n) is 4.93. The lowest BCUT2D eigenvalue weighted by Crippen LogP contribution is -2.24. The van der Waals surface area contributed by atoms with E-state index in [2.05, 4.69) is 10.3 Å². The van der Waals surface area contributed by atoms with Crippen LogP contribution in [0.1, 0.15) is 38.8 Å². The van der Waals surface area contributed by atoms with E-state index in [1.165, 1.54) is 0 Å². The predicted octanol–water partition coefficient (Wildman–Crippen LogP) is 4.22. The molecule has 0 saturated carbocycles. The fraction of sp³-hybridized carbons (Fsp3) is 0.167. The number of nitrogens with zero attached hydrogens (tertiary/aromatic N) is 3. The molecule has 1 heterocycles. The average molecular weight is 399 g/mol. The number of ketones is 1. The van der Waals surface area contributed by atoms with E-state index in [-0.39, 0.29) is 5.78 Å². The molecule has 6 heteroatoms. The van der Waals surface area contributed by atoms with Crippen molar-refractivity contribution in [1.29, 1.82) is 0 Å². The largest absolute Gasteiger partial charge is 0.451 e. The molecule has 0 spiro atoms. The number of ether oxygens (including phenoxy) is 1. The van der Waals surface area contributed by atoms with Gasteiger partial charge in [0.1, 0.15) is 5.52 Å². The van der Waals surface area contributed by atoms with Gasteiger partial charge in [-0.15, -0.1) is 5.10 Å². The van der Waals surface area contributed by atoms with E-state index in [0.717, 1.165) is 22.2 Å². The van der Waals surface area contributed by atoms with Crippen LogP contribution < -0.4 is 0 Å². The summed E-state index contributed by atoms with van der Waals surface area (Å²) in [4.78, 5) is 24.9. The number of Topliss-reactive ketones (excluding diaryl/α,β-unsaturated/α-hetero) is 1. The Labute approximate surface area is 174 Å². The molecule has 1 atom stereocenters. The second-order valence-corrected chi connectivity index (χ2v) is 7.21. The zero-order valence-electron chi connectivity index (χ0n) is 16.8. The summed E-state index contributed by atoms with van der Waals surface area (Å²) in [7, 11) is 0. The molecule has 0 aliphatic heterocycles. The van der Waals surface area contributed by atoms with Crippen molar-refractivity contribution in [3.63, 3.8) is 0 Å². The van der Waals surface area contributed by atoms with Crippen molar-refractivity contribution in [3.8, 4) is 0 Å². The molecule has 0 aliphatic carbocycles. The molecule has 0 fully saturated rings. The number of aromatic nitrogens is 3. The van der Waals surface area contributed by atoms with Crippen LogP contribution in [0.15, 0.2) is 72.8 Å². The summed E-state index contributed by atoms with van der Waals surface area (Å²) in [5, 5.41) is 8.33. The van der Waals surface area contributed by atoms with Crippen molar-refractivity contribution in [3.05, 3.63) is 95.1 Å². The summed E-state index contributed by atoms with van der Waals surface area (Å²) in [6.45, 7) is 4.08. The second kappa shape index (κ2) is 8.29. The minimum absolute atomic E-state index is 0.224. The molecule has 4 rings (SSSR count). The highest BCUT2D eigenvalue weighted by atomic mass is 16.5. The highest BCUT2D eigenvalue weighted by Crippen LogP contribution is 2.14. The number of hydrogen-bond acceptors (Lipinski definition) is 5. The molecule has 1 aromatic heterocycles. The normalized spacial score (nSPS) is 11.9. The minimum Gasteiger partial charge on any atom is -0.451 e. The van der Waals surface area contributed by atoms with Gasteiger partial charge in [-0.3, -0.25) is 4.79 Å². The lowest BCUT2D eigenvalue weighted by atomic mass is 10.1. The van der Waals surface area contributed by atoms with Crippen LogP contribution in [-0.4, -0.2) is 32.9 Å². The number of carbonyl (C=O) groups excluding carboxylic acids is 2. The van der Waals surface area contributed by atoms with E-state index >= 15 is 0 Å². The van der Waals surface area contributed by atoms with Crippen LogP contribution >= 0.6 is 0 Å². The van der Waals surface area contributed by atoms with Gasteiger partial charge < -0.3 is 4.74 Å². The molecule has 3 aromatic carbocycles. The summed E-state index contributed by atoms with van der Waals surface area (Å²) >= 11 is 0. The number of carbonyl (C=O) groups is 2. The van der Waals surface area contributed by atoms with Crippen molar-refractivity contribution < 1.29 is 14.3 Å². The van der Waals surface area contributed by atoms with E-state index in [4.69, 9.17) is 4.74 Å². The Morgan fingerprint density at radius 1 is 0.933 bits per heavy atom. The van der Waals surface area contributed by atoms with Crippen molar-refractivity contribution in [2.24, 2.45) is 0 Å². The van der Waals surface area contributed by atoms with Gasteiger partial charge in [0.15, 0.2) is 6.10 Å². The summed E-state index contributed by atoms with van der Waals surface area (Å²) in [6, 6.07) is 22.0. The van der Waals surface area contributed by atoms with E-state index < -0.39 is 12.1 Å². The Balaban J connectivity index is 1.41. The predicted molar refractivity (Wildman–Crippen MR) is 113 cm³/mol. The maximum Gasteiger partial charge on any atom is 0.338 e. The third kappa shape index (κ3) is 4.12. The van der Waals surface area contributed by atoms with Crippen LogP contribution in [0.2, 0.25) is 0 Å². The van der Waals surface area contributed by atoms with Crippen LogP contribution in [0.3, 0.4) is 0 Å². The molecule has 0 N–H and O–H groups in total. The van der Waals surface area contributed by atoms with Gasteiger partial charge in [-0.1, -0.05) is 59.3 Å². The standard InChI is InChI=1S/C24H21N3O3/c1-16-7-11-19(12-8-16)23(28)17(2)30-24(29)20-13-9-18(10-14-20)15-27-22-6-4-3-5-21(22)25-26-27/h3-14,17H,15H2,1-2H3/t17-/m0/s1. The first-order valence-electron chi connectivity index (χ1n) is 9.70. The number of fused-ring (bicyclic) bond motifs is 1. The van der Waals surface area contributed by atoms with Gasteiger partial charge in [0.25, 0.3) is 0 Å². The topological polar surface area (TPSA) is 74.1 Å². The monoisotopic (exact) mass is 399 g/mol. The van der Waals surface area contributed by atoms with Gasteiger partial charge >= 0.3 is 5.97 Å². The summed E-state index contributed by atoms with van der Waals surface area (Å²) in [6.07, 6.45) is -0.860. The molecule has 0 aliphatic rings. The maximum atomic E-state index is 12.5. The highest BCUT2D eigenvalue weighted by Gasteiger charge is 2.20. The molecular weight excluding hydrogens is 378 g/mol. The van der Waals surface area contributed by atoms with Crippen molar-refractivity contribution >= 4 is 22.8 Å². The Morgan fingerprint density at radius 2 is 1.60 bits per heavy atom. The number of esters is 1. The van der Waals surface area contributed by atoms with E-state index in [0.29, 0.717) is 17.7 Å². The number of hydrogen-bond donors (Lipinski definition) is 0. The molecule has 0 amide bonds. The molecular formula is C24H21N3O3. The van der Waals surface area contributed by atoms with Gasteiger partial charge in [0.05, 0.1) is 17.6 Å². The van der Waals surface area contributed by atoms with Crippen LogP contribution in [0, 0.1) is 6.92 Å². The van der Waals surface area contributed by atoms with E-state index in [9.17, 15) is 9.59 Å². The van der Waals surface area contributed by atoms with Crippen LogP contribution in [0.5, 0.6) is 0 Å². The van der Waals surface area contributed by atoms with Crippen molar-refractivity contribution in [2.75, 3.05) is 0 Å². The number of aryl methyl sites for hydroxylation is 1. The third-order valence-corrected chi connectivity index (χ3v) is 4.93. The average Bonchev–Trinajstić information content (AvgIpc) is 3.17. The fourth-order valence-electron chi connectivity index (χ4n) is 3.19. The Bertz CT molecular complexity index is 1190. The zero-order chi connectivity index (χ0) is 21.1. The number of rotatable bonds is 6. The molecule has 30 heavy (non-hydrogen) atoms. The molecule has 0 saturated heterocycles. The van der Waals surface area contributed by atoms with Gasteiger partial charge in [-0.25, -0.2) is 9.48 Å². The summed E-state index contributed by atoms with van der Waals surface area (Å²) in [5.41, 5.74) is 4.75. The Morgan fingerprint density at radius 3 is 2.33 bits per heavy atom. The molecule has 6 nitrogen and oxygen atoms in total. The first-order chi connectivity index (χ1) is 14.5. The molecule has 150 valence electrons. The number of para-hydroxylation sites is 1. The molecule has 4 aromatic rings. The SMILES string of the molecule is Cc1ccc(C(=O)[C@H](C)OC(=O)c2ccc(Cn3nnc4ccccc43)cc2)cc1. The fourth-order valence-corrected chi connectivity index (χ4v) is 3.19. The van der Waals surface area contributed by atoms with Crippen molar-refractivity contribution in [1.82, 2.24) is 15.0 Å². The first kappa shape index (κ1) is 19.5. The quantitative estimate of drug-likeness (QED) is 0.359. The summed E-state index contributed by atoms with van der Waals surface area (Å²) < 4.78 is 7.18. The molecule has 0 unspecified atom stereocenters. The van der Waals surface area contributed by atoms with Crippen LogP contribution in [0.4, 0.5) is 0 Å². The summed E-state index contributed by atoms with van der Waals surface area (Å²) in [5.74, 6) is -0.751. The first-order valence-corrected chi connectivity index (χ1v) is 9.70. The Kier molecular flexibility index (Phi) is 5.39. The minimum atomic E-state index is -0.860. The van der Waals surface area contributed by atoms with E-state index in [1.54, 1.807) is 31.2 Å². The maximum absolute atomic E-state index is 12.5.